The molecule has 0 aliphatic rings. The summed E-state index contributed by atoms with van der Waals surface area (Å²) in [5.74, 6) is -0.125. The first kappa shape index (κ1) is 14.0. The van der Waals surface area contributed by atoms with Crippen LogP contribution in [0, 0.1) is 10.5 Å². The van der Waals surface area contributed by atoms with Gasteiger partial charge >= 0.3 is 0 Å². The van der Waals surface area contributed by atoms with Gasteiger partial charge in [0.05, 0.1) is 5.69 Å². The van der Waals surface area contributed by atoms with Gasteiger partial charge in [-0.25, -0.2) is 0 Å². The standard InChI is InChI=1S/C14H16IN3O/c1-4-11-8-13(18(3)17-11)14(19)16-12-7-10(15)6-5-9(12)2/h5-8H,4H2,1-3H3,(H,16,19). The van der Waals surface area contributed by atoms with Gasteiger partial charge in [0.1, 0.15) is 5.69 Å². The first-order chi connectivity index (χ1) is 9.01. The smallest absolute Gasteiger partial charge is 0.273 e. The lowest BCUT2D eigenvalue weighted by Gasteiger charge is -2.08. The fourth-order valence-electron chi connectivity index (χ4n) is 1.83. The highest BCUT2D eigenvalue weighted by atomic mass is 127. The summed E-state index contributed by atoms with van der Waals surface area (Å²) in [6, 6.07) is 7.81. The Labute approximate surface area is 126 Å². The van der Waals surface area contributed by atoms with Gasteiger partial charge in [0, 0.05) is 16.3 Å². The minimum atomic E-state index is -0.125. The second-order valence-corrected chi connectivity index (χ2v) is 5.66. The molecule has 0 spiro atoms. The molecule has 0 fully saturated rings. The summed E-state index contributed by atoms with van der Waals surface area (Å²) in [4.78, 5) is 12.3. The SMILES string of the molecule is CCc1cc(C(=O)Nc2cc(I)ccc2C)n(C)n1. The second-order valence-electron chi connectivity index (χ2n) is 4.41. The van der Waals surface area contributed by atoms with Crippen LogP contribution < -0.4 is 5.32 Å². The van der Waals surface area contributed by atoms with Gasteiger partial charge in [0.2, 0.25) is 0 Å². The van der Waals surface area contributed by atoms with Crippen LogP contribution in [0.1, 0.15) is 28.7 Å². The number of hydrogen-bond acceptors (Lipinski definition) is 2. The van der Waals surface area contributed by atoms with Crippen molar-refractivity contribution in [1.82, 2.24) is 9.78 Å². The van der Waals surface area contributed by atoms with E-state index in [1.165, 1.54) is 0 Å². The Morgan fingerprint density at radius 2 is 2.16 bits per heavy atom. The Hall–Kier alpha value is -1.37. The Morgan fingerprint density at radius 1 is 1.42 bits per heavy atom. The predicted molar refractivity (Wildman–Crippen MR) is 84.4 cm³/mol. The second kappa shape index (κ2) is 5.73. The van der Waals surface area contributed by atoms with Crippen molar-refractivity contribution in [3.8, 4) is 0 Å². The number of rotatable bonds is 3. The van der Waals surface area contributed by atoms with Crippen molar-refractivity contribution in [2.45, 2.75) is 20.3 Å². The number of carbonyl (C=O) groups excluding carboxylic acids is 1. The van der Waals surface area contributed by atoms with E-state index >= 15 is 0 Å². The molecule has 2 aromatic rings. The van der Waals surface area contributed by atoms with Gasteiger partial charge in [-0.2, -0.15) is 5.10 Å². The molecule has 0 aliphatic carbocycles. The number of anilines is 1. The van der Waals surface area contributed by atoms with E-state index in [2.05, 4.69) is 33.0 Å². The highest BCUT2D eigenvalue weighted by Gasteiger charge is 2.13. The topological polar surface area (TPSA) is 46.9 Å². The van der Waals surface area contributed by atoms with Gasteiger partial charge in [-0.05, 0) is 59.7 Å². The first-order valence-corrected chi connectivity index (χ1v) is 7.19. The molecule has 5 heteroatoms. The van der Waals surface area contributed by atoms with E-state index in [9.17, 15) is 4.79 Å². The number of carbonyl (C=O) groups is 1. The molecule has 2 rings (SSSR count). The maximum absolute atomic E-state index is 12.3. The maximum Gasteiger partial charge on any atom is 0.273 e. The zero-order valence-corrected chi connectivity index (χ0v) is 13.4. The Kier molecular flexibility index (Phi) is 4.24. The lowest BCUT2D eigenvalue weighted by Crippen LogP contribution is -2.16. The van der Waals surface area contributed by atoms with Crippen LogP contribution in [-0.4, -0.2) is 15.7 Å². The third-order valence-corrected chi connectivity index (χ3v) is 3.64. The third-order valence-electron chi connectivity index (χ3n) is 2.97. The van der Waals surface area contributed by atoms with Crippen molar-refractivity contribution < 1.29 is 4.79 Å². The van der Waals surface area contributed by atoms with Crippen molar-refractivity contribution in [2.24, 2.45) is 7.05 Å². The Morgan fingerprint density at radius 3 is 2.79 bits per heavy atom. The highest BCUT2D eigenvalue weighted by molar-refractivity contribution is 14.1. The molecule has 1 heterocycles. The molecule has 0 bridgehead atoms. The maximum atomic E-state index is 12.3. The first-order valence-electron chi connectivity index (χ1n) is 6.11. The van der Waals surface area contributed by atoms with Crippen LogP contribution in [0.3, 0.4) is 0 Å². The monoisotopic (exact) mass is 369 g/mol. The molecule has 0 unspecified atom stereocenters. The van der Waals surface area contributed by atoms with Gasteiger partial charge in [-0.15, -0.1) is 0 Å². The fourth-order valence-corrected chi connectivity index (χ4v) is 2.32. The summed E-state index contributed by atoms with van der Waals surface area (Å²) < 4.78 is 2.72. The van der Waals surface area contributed by atoms with Crippen LogP contribution in [0.25, 0.3) is 0 Å². The number of nitrogens with zero attached hydrogens (tertiary/aromatic N) is 2. The lowest BCUT2D eigenvalue weighted by molar-refractivity contribution is 0.101. The molecule has 1 aromatic carbocycles. The number of benzene rings is 1. The van der Waals surface area contributed by atoms with E-state index < -0.39 is 0 Å². The Balaban J connectivity index is 2.25. The van der Waals surface area contributed by atoms with Crippen molar-refractivity contribution in [3.05, 3.63) is 44.8 Å². The van der Waals surface area contributed by atoms with E-state index in [1.807, 2.05) is 38.1 Å². The summed E-state index contributed by atoms with van der Waals surface area (Å²) in [7, 11) is 1.79. The molecule has 1 N–H and O–H groups in total. The highest BCUT2D eigenvalue weighted by Crippen LogP contribution is 2.19. The fraction of sp³-hybridized carbons (Fsp3) is 0.286. The lowest BCUT2D eigenvalue weighted by atomic mass is 10.2. The van der Waals surface area contributed by atoms with Crippen molar-refractivity contribution in [3.63, 3.8) is 0 Å². The minimum absolute atomic E-state index is 0.125. The molecular formula is C14H16IN3O. The molecule has 0 aliphatic heterocycles. The predicted octanol–water partition coefficient (Wildman–Crippen LogP) is 3.15. The molecule has 19 heavy (non-hydrogen) atoms. The summed E-state index contributed by atoms with van der Waals surface area (Å²) in [6.45, 7) is 4.00. The van der Waals surface area contributed by atoms with E-state index in [0.717, 1.165) is 26.9 Å². The molecular weight excluding hydrogens is 353 g/mol. The van der Waals surface area contributed by atoms with E-state index in [-0.39, 0.29) is 5.91 Å². The van der Waals surface area contributed by atoms with E-state index in [0.29, 0.717) is 5.69 Å². The number of halogens is 1. The minimum Gasteiger partial charge on any atom is -0.320 e. The van der Waals surface area contributed by atoms with Gasteiger partial charge in [0.25, 0.3) is 5.91 Å². The molecule has 0 radical (unpaired) electrons. The quantitative estimate of drug-likeness (QED) is 0.845. The van der Waals surface area contributed by atoms with Crippen molar-refractivity contribution in [1.29, 1.82) is 0 Å². The third kappa shape index (κ3) is 3.15. The van der Waals surface area contributed by atoms with Gasteiger partial charge < -0.3 is 5.32 Å². The summed E-state index contributed by atoms with van der Waals surface area (Å²) >= 11 is 2.23. The number of aromatic nitrogens is 2. The number of amides is 1. The summed E-state index contributed by atoms with van der Waals surface area (Å²) in [5.41, 5.74) is 3.39. The van der Waals surface area contributed by atoms with Gasteiger partial charge in [-0.3, -0.25) is 9.48 Å². The van der Waals surface area contributed by atoms with Gasteiger partial charge in [0.15, 0.2) is 0 Å². The molecule has 0 saturated carbocycles. The van der Waals surface area contributed by atoms with Crippen LogP contribution in [0.2, 0.25) is 0 Å². The normalized spacial score (nSPS) is 10.5. The Bertz CT molecular complexity index is 619. The molecule has 4 nitrogen and oxygen atoms in total. The molecule has 0 saturated heterocycles. The van der Waals surface area contributed by atoms with Crippen molar-refractivity contribution >= 4 is 34.2 Å². The molecule has 1 aromatic heterocycles. The molecule has 0 atom stereocenters. The van der Waals surface area contributed by atoms with Crippen LogP contribution in [0.4, 0.5) is 5.69 Å². The number of hydrogen-bond donors (Lipinski definition) is 1. The zero-order valence-electron chi connectivity index (χ0n) is 11.2. The summed E-state index contributed by atoms with van der Waals surface area (Å²) in [5, 5.41) is 7.23. The zero-order chi connectivity index (χ0) is 14.0. The van der Waals surface area contributed by atoms with Crippen molar-refractivity contribution in [2.75, 3.05) is 5.32 Å². The van der Waals surface area contributed by atoms with Gasteiger partial charge in [-0.1, -0.05) is 13.0 Å². The molecule has 1 amide bonds. The number of nitrogens with one attached hydrogen (secondary N) is 1. The average molecular weight is 369 g/mol. The number of aryl methyl sites for hydroxylation is 3. The average Bonchev–Trinajstić information content (AvgIpc) is 2.75. The van der Waals surface area contributed by atoms with E-state index in [4.69, 9.17) is 0 Å². The van der Waals surface area contributed by atoms with Crippen LogP contribution >= 0.6 is 22.6 Å². The van der Waals surface area contributed by atoms with Crippen LogP contribution in [0.5, 0.6) is 0 Å². The summed E-state index contributed by atoms with van der Waals surface area (Å²) in [6.07, 6.45) is 0.823. The molecule has 100 valence electrons. The largest absolute Gasteiger partial charge is 0.320 e. The van der Waals surface area contributed by atoms with Crippen LogP contribution in [0.15, 0.2) is 24.3 Å². The van der Waals surface area contributed by atoms with Crippen LogP contribution in [-0.2, 0) is 13.5 Å². The van der Waals surface area contributed by atoms with E-state index in [1.54, 1.807) is 11.7 Å².